The largest absolute Gasteiger partial charge is 0.463 e. The molecule has 2 rings (SSSR count). The number of hydrogen-bond acceptors (Lipinski definition) is 6. The van der Waals surface area contributed by atoms with E-state index in [4.69, 9.17) is 25.8 Å². The molecule has 1 aromatic carbocycles. The maximum atomic E-state index is 12.4. The first-order chi connectivity index (χ1) is 11.1. The van der Waals surface area contributed by atoms with Crippen molar-refractivity contribution in [1.29, 1.82) is 0 Å². The lowest BCUT2D eigenvalue weighted by molar-refractivity contribution is -0.143. The van der Waals surface area contributed by atoms with Gasteiger partial charge >= 0.3 is 11.9 Å². The first-order valence-corrected chi connectivity index (χ1v) is 7.64. The molecule has 0 saturated carbocycles. The maximum absolute atomic E-state index is 12.4. The molecule has 1 aromatic rings. The fraction of sp³-hybridized carbons (Fsp3) is 0.375. The van der Waals surface area contributed by atoms with E-state index in [1.165, 1.54) is 0 Å². The average molecular weight is 340 g/mol. The molecule has 0 aromatic heterocycles. The molecular weight excluding hydrogens is 322 g/mol. The van der Waals surface area contributed by atoms with Crippen molar-refractivity contribution in [3.63, 3.8) is 0 Å². The molecule has 0 atom stereocenters. The number of esters is 2. The third-order valence-corrected chi connectivity index (χ3v) is 3.40. The van der Waals surface area contributed by atoms with Crippen LogP contribution in [0.1, 0.15) is 13.8 Å². The fourth-order valence-corrected chi connectivity index (χ4v) is 2.29. The van der Waals surface area contributed by atoms with E-state index >= 15 is 0 Å². The number of carbonyl (C=O) groups is 2. The van der Waals surface area contributed by atoms with Gasteiger partial charge in [0.2, 0.25) is 0 Å². The topological polar surface area (TPSA) is 65.1 Å². The predicted molar refractivity (Wildman–Crippen MR) is 85.0 cm³/mol. The molecule has 0 radical (unpaired) electrons. The molecular formula is C16H18ClNO5. The number of benzene rings is 1. The monoisotopic (exact) mass is 339 g/mol. The number of carbonyl (C=O) groups excluding carboxylic acids is 2. The van der Waals surface area contributed by atoms with Gasteiger partial charge in [0.05, 0.1) is 25.4 Å². The predicted octanol–water partition coefficient (Wildman–Crippen LogP) is 2.51. The van der Waals surface area contributed by atoms with E-state index in [0.29, 0.717) is 10.7 Å². The van der Waals surface area contributed by atoms with Crippen LogP contribution < -0.4 is 4.90 Å². The van der Waals surface area contributed by atoms with Gasteiger partial charge in [-0.25, -0.2) is 9.59 Å². The smallest absolute Gasteiger partial charge is 0.355 e. The summed E-state index contributed by atoms with van der Waals surface area (Å²) in [5.74, 6) is -1.18. The number of ether oxygens (including phenoxy) is 3. The van der Waals surface area contributed by atoms with Crippen LogP contribution in [0.3, 0.4) is 0 Å². The Morgan fingerprint density at radius 2 is 1.74 bits per heavy atom. The summed E-state index contributed by atoms with van der Waals surface area (Å²) in [6.07, 6.45) is 0. The van der Waals surface area contributed by atoms with E-state index in [9.17, 15) is 9.59 Å². The van der Waals surface area contributed by atoms with Gasteiger partial charge in [0, 0.05) is 10.7 Å². The van der Waals surface area contributed by atoms with Gasteiger partial charge in [0.15, 0.2) is 0 Å². The molecule has 0 spiro atoms. The van der Waals surface area contributed by atoms with Crippen molar-refractivity contribution in [1.82, 2.24) is 0 Å². The Hall–Kier alpha value is -2.05. The molecule has 0 amide bonds. The SMILES string of the molecule is CCOC(=O)C1=C(C(=O)OCC)N(c2ccc(Cl)cc2)COC1. The highest BCUT2D eigenvalue weighted by molar-refractivity contribution is 6.30. The van der Waals surface area contributed by atoms with Crippen LogP contribution in [0.2, 0.25) is 5.02 Å². The lowest BCUT2D eigenvalue weighted by atomic mass is 10.1. The second-order valence-electron chi connectivity index (χ2n) is 4.65. The molecule has 0 unspecified atom stereocenters. The quantitative estimate of drug-likeness (QED) is 0.768. The molecule has 1 heterocycles. The van der Waals surface area contributed by atoms with Crippen molar-refractivity contribution < 1.29 is 23.8 Å². The van der Waals surface area contributed by atoms with E-state index < -0.39 is 11.9 Å². The molecule has 23 heavy (non-hydrogen) atoms. The van der Waals surface area contributed by atoms with Crippen molar-refractivity contribution in [3.8, 4) is 0 Å². The molecule has 0 aliphatic carbocycles. The minimum absolute atomic E-state index is 0.00291. The highest BCUT2D eigenvalue weighted by atomic mass is 35.5. The van der Waals surface area contributed by atoms with Crippen LogP contribution in [0, 0.1) is 0 Å². The summed E-state index contributed by atoms with van der Waals surface area (Å²) in [4.78, 5) is 26.1. The van der Waals surface area contributed by atoms with Crippen LogP contribution in [0.5, 0.6) is 0 Å². The minimum Gasteiger partial charge on any atom is -0.463 e. The second-order valence-corrected chi connectivity index (χ2v) is 5.09. The van der Waals surface area contributed by atoms with Crippen LogP contribution >= 0.6 is 11.6 Å². The fourth-order valence-electron chi connectivity index (χ4n) is 2.17. The number of halogens is 1. The Balaban J connectivity index is 2.46. The molecule has 0 saturated heterocycles. The highest BCUT2D eigenvalue weighted by Gasteiger charge is 2.32. The summed E-state index contributed by atoms with van der Waals surface area (Å²) in [6.45, 7) is 3.93. The van der Waals surface area contributed by atoms with Gasteiger partial charge < -0.3 is 19.1 Å². The number of hydrogen-bond donors (Lipinski definition) is 0. The number of anilines is 1. The minimum atomic E-state index is -0.589. The maximum Gasteiger partial charge on any atom is 0.355 e. The Kier molecular flexibility index (Phi) is 6.01. The van der Waals surface area contributed by atoms with Crippen molar-refractivity contribution in [2.75, 3.05) is 31.5 Å². The van der Waals surface area contributed by atoms with E-state index in [1.807, 2.05) is 0 Å². The van der Waals surface area contributed by atoms with Gasteiger partial charge in [0.25, 0.3) is 0 Å². The van der Waals surface area contributed by atoms with Gasteiger partial charge in [0.1, 0.15) is 12.4 Å². The van der Waals surface area contributed by atoms with Gasteiger partial charge in [-0.05, 0) is 38.1 Å². The molecule has 1 aliphatic rings. The van der Waals surface area contributed by atoms with Crippen molar-refractivity contribution in [3.05, 3.63) is 40.6 Å². The molecule has 0 N–H and O–H groups in total. The molecule has 6 nitrogen and oxygen atoms in total. The van der Waals surface area contributed by atoms with E-state index in [1.54, 1.807) is 43.0 Å². The number of nitrogens with zero attached hydrogens (tertiary/aromatic N) is 1. The Morgan fingerprint density at radius 3 is 2.35 bits per heavy atom. The third-order valence-electron chi connectivity index (χ3n) is 3.15. The van der Waals surface area contributed by atoms with E-state index in [2.05, 4.69) is 0 Å². The Morgan fingerprint density at radius 1 is 1.13 bits per heavy atom. The van der Waals surface area contributed by atoms with Crippen LogP contribution in [0.4, 0.5) is 5.69 Å². The first kappa shape index (κ1) is 17.3. The summed E-state index contributed by atoms with van der Waals surface area (Å²) >= 11 is 5.89. The lowest BCUT2D eigenvalue weighted by Crippen LogP contribution is -2.39. The summed E-state index contributed by atoms with van der Waals surface area (Å²) < 4.78 is 15.5. The van der Waals surface area contributed by atoms with Gasteiger partial charge in [-0.1, -0.05) is 11.6 Å². The zero-order chi connectivity index (χ0) is 16.8. The summed E-state index contributed by atoms with van der Waals surface area (Å²) in [6, 6.07) is 6.86. The summed E-state index contributed by atoms with van der Waals surface area (Å²) in [7, 11) is 0. The standard InChI is InChI=1S/C16H18ClNO5/c1-3-22-15(19)13-9-21-10-18(14(13)16(20)23-4-2)12-7-5-11(17)6-8-12/h5-8H,3-4,9-10H2,1-2H3. The molecule has 1 aliphatic heterocycles. The first-order valence-electron chi connectivity index (χ1n) is 7.26. The van der Waals surface area contributed by atoms with Gasteiger partial charge in [-0.2, -0.15) is 0 Å². The number of rotatable bonds is 5. The van der Waals surface area contributed by atoms with Crippen LogP contribution in [-0.2, 0) is 23.8 Å². The molecule has 7 heteroatoms. The van der Waals surface area contributed by atoms with Crippen LogP contribution in [-0.4, -0.2) is 38.5 Å². The Labute approximate surface area is 139 Å². The van der Waals surface area contributed by atoms with Crippen molar-refractivity contribution in [2.45, 2.75) is 13.8 Å². The van der Waals surface area contributed by atoms with Crippen LogP contribution in [0.15, 0.2) is 35.5 Å². The van der Waals surface area contributed by atoms with E-state index in [-0.39, 0.29) is 37.8 Å². The second kappa shape index (κ2) is 7.99. The zero-order valence-electron chi connectivity index (χ0n) is 13.0. The van der Waals surface area contributed by atoms with Gasteiger partial charge in [-0.15, -0.1) is 0 Å². The van der Waals surface area contributed by atoms with Gasteiger partial charge in [-0.3, -0.25) is 0 Å². The lowest BCUT2D eigenvalue weighted by Gasteiger charge is -2.31. The molecule has 124 valence electrons. The Bertz CT molecular complexity index is 611. The molecule has 0 bridgehead atoms. The summed E-state index contributed by atoms with van der Waals surface area (Å²) in [5.41, 5.74) is 0.948. The van der Waals surface area contributed by atoms with Crippen molar-refractivity contribution >= 4 is 29.2 Å². The zero-order valence-corrected chi connectivity index (χ0v) is 13.8. The third kappa shape index (κ3) is 4.03. The van der Waals surface area contributed by atoms with Crippen LogP contribution in [0.25, 0.3) is 0 Å². The average Bonchev–Trinajstić information content (AvgIpc) is 2.55. The highest BCUT2D eigenvalue weighted by Crippen LogP contribution is 2.27. The summed E-state index contributed by atoms with van der Waals surface area (Å²) in [5, 5.41) is 0.568. The normalized spacial score (nSPS) is 14.7. The molecule has 0 fully saturated rings. The van der Waals surface area contributed by atoms with Crippen molar-refractivity contribution in [2.24, 2.45) is 0 Å². The van der Waals surface area contributed by atoms with E-state index in [0.717, 1.165) is 0 Å².